The zero-order chi connectivity index (χ0) is 6.69. The second kappa shape index (κ2) is 3.02. The molecule has 1 aliphatic rings. The number of hydrogen-bond donors (Lipinski definition) is 0. The first-order valence-electron chi connectivity index (χ1n) is 3.56. The summed E-state index contributed by atoms with van der Waals surface area (Å²) in [5.74, 6) is 0. The van der Waals surface area contributed by atoms with Gasteiger partial charge in [-0.05, 0) is 26.7 Å². The van der Waals surface area contributed by atoms with Crippen molar-refractivity contribution in [2.75, 3.05) is 6.61 Å². The van der Waals surface area contributed by atoms with Gasteiger partial charge in [-0.2, -0.15) is 0 Å². The molecule has 0 bridgehead atoms. The lowest BCUT2D eigenvalue weighted by molar-refractivity contribution is 0.0752. The topological polar surface area (TPSA) is 9.23 Å². The van der Waals surface area contributed by atoms with Crippen LogP contribution in [-0.4, -0.2) is 12.7 Å². The number of ether oxygens (including phenoxy) is 1. The second-order valence-corrected chi connectivity index (χ2v) is 2.72. The highest BCUT2D eigenvalue weighted by Crippen LogP contribution is 2.11. The largest absolute Gasteiger partial charge is 0.378 e. The van der Waals surface area contributed by atoms with E-state index in [1.54, 1.807) is 0 Å². The lowest BCUT2D eigenvalue weighted by atomic mass is 10.2. The Balaban J connectivity index is 2.42. The molecule has 1 heterocycles. The Hall–Kier alpha value is -0.300. The van der Waals surface area contributed by atoms with E-state index in [0.29, 0.717) is 6.10 Å². The van der Waals surface area contributed by atoms with Crippen molar-refractivity contribution in [2.24, 2.45) is 0 Å². The van der Waals surface area contributed by atoms with Crippen LogP contribution in [-0.2, 0) is 4.74 Å². The molecule has 0 amide bonds. The van der Waals surface area contributed by atoms with E-state index in [-0.39, 0.29) is 0 Å². The van der Waals surface area contributed by atoms with Gasteiger partial charge in [0.1, 0.15) is 0 Å². The first-order valence-corrected chi connectivity index (χ1v) is 3.56. The van der Waals surface area contributed by atoms with E-state index in [9.17, 15) is 0 Å². The average Bonchev–Trinajstić information content (AvgIpc) is 1.97. The van der Waals surface area contributed by atoms with Crippen LogP contribution in [0.15, 0.2) is 11.6 Å². The number of rotatable bonds is 0. The van der Waals surface area contributed by atoms with Crippen LogP contribution < -0.4 is 0 Å². The van der Waals surface area contributed by atoms with Crippen LogP contribution in [0.1, 0.15) is 26.7 Å². The minimum Gasteiger partial charge on any atom is -0.378 e. The maximum Gasteiger partial charge on any atom is 0.0581 e. The fourth-order valence-electron chi connectivity index (χ4n) is 0.958. The first kappa shape index (κ1) is 6.81. The summed E-state index contributed by atoms with van der Waals surface area (Å²) in [5, 5.41) is 0. The van der Waals surface area contributed by atoms with Gasteiger partial charge in [0.05, 0.1) is 12.7 Å². The standard InChI is InChI=1S/C8H14O/c1-7-3-4-8(2)9-6-5-7/h3,8H,4-6H2,1-2H3/t8-/m0/s1. The minimum absolute atomic E-state index is 0.433. The molecule has 0 N–H and O–H groups in total. The summed E-state index contributed by atoms with van der Waals surface area (Å²) in [6.07, 6.45) is 4.91. The van der Waals surface area contributed by atoms with Gasteiger partial charge in [0.25, 0.3) is 0 Å². The van der Waals surface area contributed by atoms with Gasteiger partial charge in [-0.25, -0.2) is 0 Å². The highest BCUT2D eigenvalue weighted by atomic mass is 16.5. The lowest BCUT2D eigenvalue weighted by Gasteiger charge is -2.05. The molecule has 0 saturated carbocycles. The summed E-state index contributed by atoms with van der Waals surface area (Å²) in [6, 6.07) is 0. The molecule has 0 spiro atoms. The maximum atomic E-state index is 5.42. The zero-order valence-electron chi connectivity index (χ0n) is 6.18. The second-order valence-electron chi connectivity index (χ2n) is 2.72. The maximum absolute atomic E-state index is 5.42. The van der Waals surface area contributed by atoms with Gasteiger partial charge < -0.3 is 4.74 Å². The van der Waals surface area contributed by atoms with Crippen LogP contribution in [0.25, 0.3) is 0 Å². The molecule has 52 valence electrons. The van der Waals surface area contributed by atoms with E-state index in [1.807, 2.05) is 0 Å². The Kier molecular flexibility index (Phi) is 2.29. The SMILES string of the molecule is CC1=CC[C@H](C)OCC1. The van der Waals surface area contributed by atoms with Crippen LogP contribution in [0.5, 0.6) is 0 Å². The summed E-state index contributed by atoms with van der Waals surface area (Å²) >= 11 is 0. The Labute approximate surface area is 56.7 Å². The molecule has 0 radical (unpaired) electrons. The molecule has 1 rings (SSSR count). The number of hydrogen-bond acceptors (Lipinski definition) is 1. The van der Waals surface area contributed by atoms with Crippen molar-refractivity contribution in [1.29, 1.82) is 0 Å². The molecular formula is C8H14O. The van der Waals surface area contributed by atoms with Crippen LogP contribution in [0, 0.1) is 0 Å². The van der Waals surface area contributed by atoms with Gasteiger partial charge in [0, 0.05) is 0 Å². The summed E-state index contributed by atoms with van der Waals surface area (Å²) in [5.41, 5.74) is 1.47. The fraction of sp³-hybridized carbons (Fsp3) is 0.750. The molecule has 1 aliphatic heterocycles. The van der Waals surface area contributed by atoms with E-state index >= 15 is 0 Å². The quantitative estimate of drug-likeness (QED) is 0.452. The average molecular weight is 126 g/mol. The summed E-state index contributed by atoms with van der Waals surface area (Å²) < 4.78 is 5.42. The molecule has 1 atom stereocenters. The van der Waals surface area contributed by atoms with E-state index in [1.165, 1.54) is 5.57 Å². The molecule has 0 aromatic carbocycles. The van der Waals surface area contributed by atoms with E-state index in [0.717, 1.165) is 19.4 Å². The Morgan fingerprint density at radius 2 is 2.44 bits per heavy atom. The van der Waals surface area contributed by atoms with E-state index < -0.39 is 0 Å². The van der Waals surface area contributed by atoms with Gasteiger partial charge in [-0.3, -0.25) is 0 Å². The van der Waals surface area contributed by atoms with Crippen molar-refractivity contribution in [3.05, 3.63) is 11.6 Å². The molecule has 1 nitrogen and oxygen atoms in total. The lowest BCUT2D eigenvalue weighted by Crippen LogP contribution is -2.04. The van der Waals surface area contributed by atoms with Crippen molar-refractivity contribution in [1.82, 2.24) is 0 Å². The molecule has 0 fully saturated rings. The Bertz CT molecular complexity index is 116. The monoisotopic (exact) mass is 126 g/mol. The molecule has 0 aliphatic carbocycles. The predicted molar refractivity (Wildman–Crippen MR) is 38.4 cm³/mol. The molecule has 0 aromatic rings. The third-order valence-corrected chi connectivity index (χ3v) is 1.70. The van der Waals surface area contributed by atoms with E-state index in [4.69, 9.17) is 4.74 Å². The van der Waals surface area contributed by atoms with Crippen LogP contribution in [0.2, 0.25) is 0 Å². The molecular weight excluding hydrogens is 112 g/mol. The first-order chi connectivity index (χ1) is 4.29. The van der Waals surface area contributed by atoms with Crippen LogP contribution in [0.3, 0.4) is 0 Å². The molecule has 9 heavy (non-hydrogen) atoms. The van der Waals surface area contributed by atoms with E-state index in [2.05, 4.69) is 19.9 Å². The minimum atomic E-state index is 0.433. The van der Waals surface area contributed by atoms with Gasteiger partial charge in [0.2, 0.25) is 0 Å². The van der Waals surface area contributed by atoms with Crippen LogP contribution >= 0.6 is 0 Å². The Morgan fingerprint density at radius 1 is 1.67 bits per heavy atom. The molecule has 0 unspecified atom stereocenters. The van der Waals surface area contributed by atoms with Gasteiger partial charge in [-0.15, -0.1) is 0 Å². The summed E-state index contributed by atoms with van der Waals surface area (Å²) in [7, 11) is 0. The highest BCUT2D eigenvalue weighted by Gasteiger charge is 2.03. The molecule has 0 aromatic heterocycles. The summed E-state index contributed by atoms with van der Waals surface area (Å²) in [4.78, 5) is 0. The van der Waals surface area contributed by atoms with Crippen molar-refractivity contribution >= 4 is 0 Å². The van der Waals surface area contributed by atoms with Gasteiger partial charge in [-0.1, -0.05) is 11.6 Å². The predicted octanol–water partition coefficient (Wildman–Crippen LogP) is 2.13. The third kappa shape index (κ3) is 2.19. The smallest absolute Gasteiger partial charge is 0.0581 e. The normalized spacial score (nSPS) is 29.1. The fourth-order valence-corrected chi connectivity index (χ4v) is 0.958. The van der Waals surface area contributed by atoms with Crippen molar-refractivity contribution < 1.29 is 4.74 Å². The van der Waals surface area contributed by atoms with Gasteiger partial charge in [0.15, 0.2) is 0 Å². The third-order valence-electron chi connectivity index (χ3n) is 1.70. The molecule has 1 heteroatoms. The summed E-state index contributed by atoms with van der Waals surface area (Å²) in [6.45, 7) is 5.19. The Morgan fingerprint density at radius 3 is 3.22 bits per heavy atom. The highest BCUT2D eigenvalue weighted by molar-refractivity contribution is 4.99. The van der Waals surface area contributed by atoms with Crippen LogP contribution in [0.4, 0.5) is 0 Å². The van der Waals surface area contributed by atoms with Crippen molar-refractivity contribution in [3.63, 3.8) is 0 Å². The zero-order valence-corrected chi connectivity index (χ0v) is 6.18. The molecule has 0 saturated heterocycles. The van der Waals surface area contributed by atoms with Crippen molar-refractivity contribution in [3.8, 4) is 0 Å². The van der Waals surface area contributed by atoms with Gasteiger partial charge >= 0.3 is 0 Å². The van der Waals surface area contributed by atoms with Crippen molar-refractivity contribution in [2.45, 2.75) is 32.8 Å².